The van der Waals surface area contributed by atoms with E-state index in [0.717, 1.165) is 5.84 Å². The molecule has 0 fully saturated rings. The number of rotatable bonds is 1. The highest BCUT2D eigenvalue weighted by Crippen LogP contribution is 2.10. The maximum absolute atomic E-state index is 10.8. The van der Waals surface area contributed by atoms with Crippen molar-refractivity contribution < 1.29 is 4.79 Å². The van der Waals surface area contributed by atoms with Gasteiger partial charge in [-0.05, 0) is 12.2 Å². The van der Waals surface area contributed by atoms with Crippen LogP contribution in [-0.4, -0.2) is 23.3 Å². The van der Waals surface area contributed by atoms with Crippen molar-refractivity contribution in [1.82, 2.24) is 10.3 Å². The molecule has 5 nitrogen and oxygen atoms in total. The van der Waals surface area contributed by atoms with E-state index in [2.05, 4.69) is 10.5 Å². The number of hydrogen-bond donors (Lipinski definition) is 2. The molecule has 0 aromatic heterocycles. The molecule has 0 aliphatic carbocycles. The largest absolute Gasteiger partial charge is 0.366 e. The Balaban J connectivity index is 2.28. The number of amides is 1. The Morgan fingerprint density at radius 3 is 3.25 bits per heavy atom. The third kappa shape index (κ3) is 0.952. The zero-order valence-corrected chi connectivity index (χ0v) is 6.32. The standard InChI is InChI=1S/C7H8N4O/c8-7(12)5-1-2-6-10-9-4-11(6)3-5/h1-3,9H,4H2,(H2,8,12). The molecule has 0 aromatic rings. The number of nitrogens with one attached hydrogen (secondary N) is 1. The van der Waals surface area contributed by atoms with Crippen LogP contribution in [0.25, 0.3) is 0 Å². The van der Waals surface area contributed by atoms with Crippen LogP contribution < -0.4 is 11.2 Å². The molecule has 0 atom stereocenters. The van der Waals surface area contributed by atoms with Gasteiger partial charge in [0.15, 0.2) is 5.84 Å². The van der Waals surface area contributed by atoms with E-state index in [0.29, 0.717) is 12.2 Å². The van der Waals surface area contributed by atoms with E-state index in [1.54, 1.807) is 18.4 Å². The van der Waals surface area contributed by atoms with E-state index >= 15 is 0 Å². The summed E-state index contributed by atoms with van der Waals surface area (Å²) in [7, 11) is 0. The van der Waals surface area contributed by atoms with Gasteiger partial charge in [0.05, 0.1) is 5.57 Å². The average molecular weight is 164 g/mol. The third-order valence-corrected chi connectivity index (χ3v) is 1.72. The van der Waals surface area contributed by atoms with E-state index in [1.165, 1.54) is 0 Å². The fourth-order valence-corrected chi connectivity index (χ4v) is 1.10. The van der Waals surface area contributed by atoms with Crippen molar-refractivity contribution in [2.75, 3.05) is 6.67 Å². The molecule has 0 aromatic carbocycles. The molecule has 0 saturated heterocycles. The van der Waals surface area contributed by atoms with Gasteiger partial charge in [-0.15, -0.1) is 0 Å². The van der Waals surface area contributed by atoms with Gasteiger partial charge in [-0.3, -0.25) is 10.2 Å². The van der Waals surface area contributed by atoms with Crippen LogP contribution in [0.4, 0.5) is 0 Å². The van der Waals surface area contributed by atoms with Gasteiger partial charge < -0.3 is 10.6 Å². The van der Waals surface area contributed by atoms with Gasteiger partial charge in [0.25, 0.3) is 0 Å². The van der Waals surface area contributed by atoms with Gasteiger partial charge in [0.1, 0.15) is 6.67 Å². The highest BCUT2D eigenvalue weighted by molar-refractivity contribution is 6.02. The van der Waals surface area contributed by atoms with Crippen molar-refractivity contribution in [3.05, 3.63) is 23.9 Å². The van der Waals surface area contributed by atoms with E-state index in [9.17, 15) is 4.79 Å². The predicted octanol–water partition coefficient (Wildman–Crippen LogP) is -0.898. The molecule has 1 amide bonds. The molecule has 2 heterocycles. The smallest absolute Gasteiger partial charge is 0.250 e. The SMILES string of the molecule is NC(=O)C1=CN2CNN=C2C=C1. The van der Waals surface area contributed by atoms with Crippen molar-refractivity contribution in [3.8, 4) is 0 Å². The molecule has 0 spiro atoms. The van der Waals surface area contributed by atoms with Crippen LogP contribution in [0, 0.1) is 0 Å². The van der Waals surface area contributed by atoms with Crippen molar-refractivity contribution in [2.45, 2.75) is 0 Å². The van der Waals surface area contributed by atoms with Crippen molar-refractivity contribution in [1.29, 1.82) is 0 Å². The molecule has 0 bridgehead atoms. The van der Waals surface area contributed by atoms with E-state index in [-0.39, 0.29) is 0 Å². The molecular weight excluding hydrogens is 156 g/mol. The van der Waals surface area contributed by atoms with Gasteiger partial charge in [-0.25, -0.2) is 0 Å². The van der Waals surface area contributed by atoms with Crippen molar-refractivity contribution in [3.63, 3.8) is 0 Å². The van der Waals surface area contributed by atoms with Crippen molar-refractivity contribution in [2.24, 2.45) is 10.8 Å². The molecule has 0 saturated carbocycles. The zero-order valence-electron chi connectivity index (χ0n) is 6.32. The minimum atomic E-state index is -0.419. The topological polar surface area (TPSA) is 70.7 Å². The van der Waals surface area contributed by atoms with E-state index in [4.69, 9.17) is 5.73 Å². The van der Waals surface area contributed by atoms with Crippen LogP contribution in [0.15, 0.2) is 29.0 Å². The predicted molar refractivity (Wildman–Crippen MR) is 43.7 cm³/mol. The lowest BCUT2D eigenvalue weighted by atomic mass is 10.2. The zero-order chi connectivity index (χ0) is 8.55. The number of fused-ring (bicyclic) bond motifs is 1. The highest BCUT2D eigenvalue weighted by atomic mass is 16.1. The molecule has 12 heavy (non-hydrogen) atoms. The van der Waals surface area contributed by atoms with Gasteiger partial charge >= 0.3 is 0 Å². The Labute approximate surface area is 69.2 Å². The summed E-state index contributed by atoms with van der Waals surface area (Å²) in [6.07, 6.45) is 5.09. The summed E-state index contributed by atoms with van der Waals surface area (Å²) in [5, 5.41) is 3.96. The summed E-state index contributed by atoms with van der Waals surface area (Å²) < 4.78 is 0. The fraction of sp³-hybridized carbons (Fsp3) is 0.143. The van der Waals surface area contributed by atoms with E-state index in [1.807, 2.05) is 4.90 Å². The quantitative estimate of drug-likeness (QED) is 0.527. The maximum Gasteiger partial charge on any atom is 0.250 e. The number of nitrogens with zero attached hydrogens (tertiary/aromatic N) is 2. The summed E-state index contributed by atoms with van der Waals surface area (Å²) in [6, 6.07) is 0. The second kappa shape index (κ2) is 2.37. The van der Waals surface area contributed by atoms with Crippen LogP contribution in [0.1, 0.15) is 0 Å². The Hall–Kier alpha value is -1.78. The molecule has 5 heteroatoms. The second-order valence-corrected chi connectivity index (χ2v) is 2.54. The highest BCUT2D eigenvalue weighted by Gasteiger charge is 2.17. The first-order valence-electron chi connectivity index (χ1n) is 3.54. The molecule has 0 unspecified atom stereocenters. The lowest BCUT2D eigenvalue weighted by Crippen LogP contribution is -2.27. The molecular formula is C7H8N4O. The van der Waals surface area contributed by atoms with Gasteiger partial charge in [-0.2, -0.15) is 5.10 Å². The van der Waals surface area contributed by atoms with E-state index < -0.39 is 5.91 Å². The number of hydrazone groups is 1. The number of primary amides is 1. The molecule has 2 aliphatic heterocycles. The molecule has 0 radical (unpaired) electrons. The van der Waals surface area contributed by atoms with Crippen LogP contribution >= 0.6 is 0 Å². The normalized spacial score (nSPS) is 19.5. The molecule has 3 N–H and O–H groups in total. The summed E-state index contributed by atoms with van der Waals surface area (Å²) in [4.78, 5) is 12.6. The van der Waals surface area contributed by atoms with Crippen LogP contribution in [0.5, 0.6) is 0 Å². The van der Waals surface area contributed by atoms with Crippen LogP contribution in [0.2, 0.25) is 0 Å². The van der Waals surface area contributed by atoms with Gasteiger partial charge in [0, 0.05) is 6.20 Å². The monoisotopic (exact) mass is 164 g/mol. The van der Waals surface area contributed by atoms with Crippen molar-refractivity contribution >= 4 is 11.7 Å². The number of carbonyl (C=O) groups is 1. The first-order valence-corrected chi connectivity index (χ1v) is 3.54. The molecule has 62 valence electrons. The minimum absolute atomic E-state index is 0.419. The van der Waals surface area contributed by atoms with Crippen LogP contribution in [-0.2, 0) is 4.79 Å². The summed E-state index contributed by atoms with van der Waals surface area (Å²) >= 11 is 0. The van der Waals surface area contributed by atoms with Crippen LogP contribution in [0.3, 0.4) is 0 Å². The van der Waals surface area contributed by atoms with Gasteiger partial charge in [-0.1, -0.05) is 0 Å². The lowest BCUT2D eigenvalue weighted by Gasteiger charge is -2.15. The number of carbonyl (C=O) groups excluding carboxylic acids is 1. The minimum Gasteiger partial charge on any atom is -0.366 e. The summed E-state index contributed by atoms with van der Waals surface area (Å²) in [5.41, 5.74) is 8.39. The maximum atomic E-state index is 10.8. The Bertz CT molecular complexity index is 315. The number of amidine groups is 1. The fourth-order valence-electron chi connectivity index (χ4n) is 1.10. The second-order valence-electron chi connectivity index (χ2n) is 2.54. The Kier molecular flexibility index (Phi) is 1.36. The number of nitrogens with two attached hydrogens (primary N) is 1. The molecule has 2 rings (SSSR count). The first-order chi connectivity index (χ1) is 5.77. The average Bonchev–Trinajstić information content (AvgIpc) is 2.49. The lowest BCUT2D eigenvalue weighted by molar-refractivity contribution is -0.114. The molecule has 2 aliphatic rings. The van der Waals surface area contributed by atoms with Gasteiger partial charge in [0.2, 0.25) is 5.91 Å². The number of hydrogen-bond acceptors (Lipinski definition) is 4. The third-order valence-electron chi connectivity index (χ3n) is 1.72. The summed E-state index contributed by atoms with van der Waals surface area (Å²) in [5.74, 6) is 0.386. The summed E-state index contributed by atoms with van der Waals surface area (Å²) in [6.45, 7) is 0.594. The Morgan fingerprint density at radius 2 is 2.50 bits per heavy atom. The Morgan fingerprint density at radius 1 is 1.67 bits per heavy atom. The first kappa shape index (κ1) is 6.90.